The molecule has 0 saturated heterocycles. The molecule has 1 aromatic carbocycles. The zero-order chi connectivity index (χ0) is 13.2. The molecule has 18 heavy (non-hydrogen) atoms. The van der Waals surface area contributed by atoms with Crippen molar-refractivity contribution in [3.8, 4) is 0 Å². The van der Waals surface area contributed by atoms with Gasteiger partial charge in [-0.1, -0.05) is 12.1 Å². The summed E-state index contributed by atoms with van der Waals surface area (Å²) >= 11 is 0. The third-order valence-corrected chi connectivity index (χ3v) is 4.12. The van der Waals surface area contributed by atoms with Crippen molar-refractivity contribution >= 4 is 16.1 Å². The van der Waals surface area contributed by atoms with Gasteiger partial charge in [-0.2, -0.15) is 0 Å². The van der Waals surface area contributed by atoms with E-state index in [1.165, 1.54) is 12.1 Å². The lowest BCUT2D eigenvalue weighted by molar-refractivity contribution is 0.109. The lowest BCUT2D eigenvalue weighted by Crippen LogP contribution is -2.04. The summed E-state index contributed by atoms with van der Waals surface area (Å²) in [6, 6.07) is 9.63. The fraction of sp³-hybridized carbons (Fsp3) is 0.154. The number of aryl methyl sites for hydroxylation is 1. The van der Waals surface area contributed by atoms with Gasteiger partial charge in [-0.3, -0.25) is 4.79 Å². The summed E-state index contributed by atoms with van der Waals surface area (Å²) in [5, 5.41) is 0. The number of hydrogen-bond acceptors (Lipinski definition) is 4. The Morgan fingerprint density at radius 3 is 2.61 bits per heavy atom. The molecule has 0 amide bonds. The molecule has 0 fully saturated rings. The molecule has 2 rings (SSSR count). The molecule has 1 heterocycles. The maximum absolute atomic E-state index is 12.1. The molecule has 94 valence electrons. The highest BCUT2D eigenvalue weighted by molar-refractivity contribution is 7.90. The third-order valence-electron chi connectivity index (χ3n) is 2.48. The average molecular weight is 264 g/mol. The first-order chi connectivity index (χ1) is 8.51. The van der Waals surface area contributed by atoms with Gasteiger partial charge in [0.05, 0.1) is 4.90 Å². The molecule has 0 spiro atoms. The van der Waals surface area contributed by atoms with Crippen LogP contribution in [0.3, 0.4) is 0 Å². The molecule has 1 aromatic heterocycles. The Bertz CT molecular complexity index is 668. The van der Waals surface area contributed by atoms with Crippen LogP contribution in [0.4, 0.5) is 0 Å². The molecule has 4 nitrogen and oxygen atoms in total. The molecule has 0 aliphatic carbocycles. The molecule has 2 aromatic rings. The summed E-state index contributed by atoms with van der Waals surface area (Å²) in [7, 11) is -3.44. The Balaban J connectivity index is 2.29. The van der Waals surface area contributed by atoms with Crippen molar-refractivity contribution in [3.63, 3.8) is 0 Å². The molecule has 0 unspecified atom stereocenters. The van der Waals surface area contributed by atoms with Gasteiger partial charge in [0.15, 0.2) is 21.9 Å². The van der Waals surface area contributed by atoms with E-state index in [4.69, 9.17) is 4.42 Å². The Kier molecular flexibility index (Phi) is 3.34. The van der Waals surface area contributed by atoms with Gasteiger partial charge < -0.3 is 4.42 Å². The summed E-state index contributed by atoms with van der Waals surface area (Å²) in [6.07, 6.45) is 0.544. The minimum Gasteiger partial charge on any atom is -0.457 e. The molecular weight excluding hydrogens is 252 g/mol. The molecule has 0 radical (unpaired) electrons. The molecule has 0 atom stereocenters. The largest absolute Gasteiger partial charge is 0.457 e. The molecule has 0 aliphatic rings. The predicted octanol–water partition coefficient (Wildman–Crippen LogP) is 2.37. The quantitative estimate of drug-likeness (QED) is 0.795. The van der Waals surface area contributed by atoms with Gasteiger partial charge in [0, 0.05) is 0 Å². The van der Waals surface area contributed by atoms with Gasteiger partial charge >= 0.3 is 0 Å². The van der Waals surface area contributed by atoms with Crippen molar-refractivity contribution in [2.45, 2.75) is 17.6 Å². The number of benzene rings is 1. The van der Waals surface area contributed by atoms with E-state index in [0.29, 0.717) is 6.29 Å². The average Bonchev–Trinajstić information content (AvgIpc) is 2.76. The Morgan fingerprint density at radius 2 is 2.00 bits per heavy atom. The highest BCUT2D eigenvalue weighted by Crippen LogP contribution is 2.18. The van der Waals surface area contributed by atoms with Crippen LogP contribution in [-0.4, -0.2) is 14.7 Å². The van der Waals surface area contributed by atoms with Gasteiger partial charge in [-0.25, -0.2) is 8.42 Å². The molecule has 0 aliphatic heterocycles. The standard InChI is InChI=1S/C13H12O4S/c1-10-3-2-4-13(7-10)18(15,16)9-12-6-5-11(8-14)17-12/h2-8H,9H2,1H3. The topological polar surface area (TPSA) is 64.3 Å². The number of sulfone groups is 1. The van der Waals surface area contributed by atoms with Crippen LogP contribution in [0.25, 0.3) is 0 Å². The molecule has 0 bridgehead atoms. The number of carbonyl (C=O) groups is 1. The predicted molar refractivity (Wildman–Crippen MR) is 66.2 cm³/mol. The van der Waals surface area contributed by atoms with Crippen molar-refractivity contribution in [3.05, 3.63) is 53.5 Å². The van der Waals surface area contributed by atoms with Crippen LogP contribution in [0.5, 0.6) is 0 Å². The second-order valence-electron chi connectivity index (χ2n) is 4.00. The summed E-state index contributed by atoms with van der Waals surface area (Å²) in [4.78, 5) is 10.7. The van der Waals surface area contributed by atoms with E-state index in [-0.39, 0.29) is 22.2 Å². The van der Waals surface area contributed by atoms with Gasteiger partial charge in [-0.05, 0) is 36.8 Å². The highest BCUT2D eigenvalue weighted by atomic mass is 32.2. The number of carbonyl (C=O) groups excluding carboxylic acids is 1. The normalized spacial score (nSPS) is 11.4. The zero-order valence-electron chi connectivity index (χ0n) is 9.79. The van der Waals surface area contributed by atoms with Gasteiger partial charge in [0.25, 0.3) is 0 Å². The van der Waals surface area contributed by atoms with Crippen LogP contribution < -0.4 is 0 Å². The summed E-state index contributed by atoms with van der Waals surface area (Å²) in [5.41, 5.74) is 0.879. The maximum Gasteiger partial charge on any atom is 0.185 e. The van der Waals surface area contributed by atoms with Crippen LogP contribution in [0, 0.1) is 6.92 Å². The molecule has 0 saturated carbocycles. The fourth-order valence-corrected chi connectivity index (χ4v) is 2.96. The van der Waals surface area contributed by atoms with Crippen LogP contribution >= 0.6 is 0 Å². The molecular formula is C13H12O4S. The molecule has 0 N–H and O–H groups in total. The summed E-state index contributed by atoms with van der Waals surface area (Å²) < 4.78 is 29.3. The molecule has 5 heteroatoms. The Hall–Kier alpha value is -1.88. The van der Waals surface area contributed by atoms with E-state index in [9.17, 15) is 13.2 Å². The van der Waals surface area contributed by atoms with E-state index in [1.54, 1.807) is 18.2 Å². The van der Waals surface area contributed by atoms with E-state index in [1.807, 2.05) is 13.0 Å². The van der Waals surface area contributed by atoms with Crippen molar-refractivity contribution in [1.29, 1.82) is 0 Å². The van der Waals surface area contributed by atoms with E-state index in [0.717, 1.165) is 5.56 Å². The number of hydrogen-bond donors (Lipinski definition) is 0. The van der Waals surface area contributed by atoms with E-state index in [2.05, 4.69) is 0 Å². The van der Waals surface area contributed by atoms with Crippen molar-refractivity contribution in [2.75, 3.05) is 0 Å². The first-order valence-corrected chi connectivity index (χ1v) is 7.00. The van der Waals surface area contributed by atoms with Crippen molar-refractivity contribution < 1.29 is 17.6 Å². The van der Waals surface area contributed by atoms with Gasteiger partial charge in [0.2, 0.25) is 0 Å². The Morgan fingerprint density at radius 1 is 1.22 bits per heavy atom. The monoisotopic (exact) mass is 264 g/mol. The first kappa shape index (κ1) is 12.6. The Labute approximate surface area is 105 Å². The van der Waals surface area contributed by atoms with Gasteiger partial charge in [-0.15, -0.1) is 0 Å². The summed E-state index contributed by atoms with van der Waals surface area (Å²) in [6.45, 7) is 1.83. The minimum atomic E-state index is -3.44. The minimum absolute atomic E-state index is 0.129. The number of rotatable bonds is 4. The van der Waals surface area contributed by atoms with E-state index < -0.39 is 9.84 Å². The van der Waals surface area contributed by atoms with Crippen LogP contribution in [0.2, 0.25) is 0 Å². The van der Waals surface area contributed by atoms with Crippen LogP contribution in [-0.2, 0) is 15.6 Å². The smallest absolute Gasteiger partial charge is 0.185 e. The van der Waals surface area contributed by atoms with Crippen LogP contribution in [0.1, 0.15) is 21.9 Å². The second-order valence-corrected chi connectivity index (χ2v) is 5.99. The first-order valence-electron chi connectivity index (χ1n) is 5.34. The maximum atomic E-state index is 12.1. The lowest BCUT2D eigenvalue weighted by atomic mass is 10.2. The lowest BCUT2D eigenvalue weighted by Gasteiger charge is -2.03. The highest BCUT2D eigenvalue weighted by Gasteiger charge is 2.17. The van der Waals surface area contributed by atoms with Crippen molar-refractivity contribution in [1.82, 2.24) is 0 Å². The fourth-order valence-electron chi connectivity index (χ4n) is 1.61. The second kappa shape index (κ2) is 4.78. The number of furan rings is 1. The number of aldehydes is 1. The summed E-state index contributed by atoms with van der Waals surface area (Å²) in [5.74, 6) is 0.146. The van der Waals surface area contributed by atoms with E-state index >= 15 is 0 Å². The van der Waals surface area contributed by atoms with Crippen molar-refractivity contribution in [2.24, 2.45) is 0 Å². The SMILES string of the molecule is Cc1cccc(S(=O)(=O)Cc2ccc(C=O)o2)c1. The zero-order valence-corrected chi connectivity index (χ0v) is 10.6. The third kappa shape index (κ3) is 2.68. The van der Waals surface area contributed by atoms with Crippen LogP contribution in [0.15, 0.2) is 45.7 Å². The van der Waals surface area contributed by atoms with Gasteiger partial charge in [0.1, 0.15) is 11.5 Å².